The second-order valence-corrected chi connectivity index (χ2v) is 8.58. The number of carbonyl (C=O) groups is 3. The minimum Gasteiger partial charge on any atom is -0.494 e. The predicted octanol–water partition coefficient (Wildman–Crippen LogP) is 3.79. The molecule has 2 aliphatic rings. The Labute approximate surface area is 202 Å². The summed E-state index contributed by atoms with van der Waals surface area (Å²) in [6.45, 7) is 4.25. The molecule has 8 heteroatoms. The SMILES string of the molecule is CCOc1ccc(N2C(=O)[C@@H]3[C@H](c4ccccc4F)NN(C(=O)c4ccc(C)cc4)[C@H]3C2=O)cc1. The molecule has 2 heterocycles. The zero-order chi connectivity index (χ0) is 24.7. The van der Waals surface area contributed by atoms with Crippen molar-refractivity contribution in [3.05, 3.63) is 95.3 Å². The fourth-order valence-electron chi connectivity index (χ4n) is 4.71. The largest absolute Gasteiger partial charge is 0.494 e. The highest BCUT2D eigenvalue weighted by atomic mass is 19.1. The quantitative estimate of drug-likeness (QED) is 0.571. The van der Waals surface area contributed by atoms with E-state index in [-0.39, 0.29) is 5.56 Å². The van der Waals surface area contributed by atoms with Crippen LogP contribution < -0.4 is 15.1 Å². The lowest BCUT2D eigenvalue weighted by molar-refractivity contribution is -0.123. The van der Waals surface area contributed by atoms with Gasteiger partial charge in [-0.2, -0.15) is 0 Å². The van der Waals surface area contributed by atoms with Crippen LogP contribution in [0.1, 0.15) is 34.5 Å². The van der Waals surface area contributed by atoms with E-state index in [2.05, 4.69) is 5.43 Å². The fraction of sp³-hybridized carbons (Fsp3) is 0.222. The van der Waals surface area contributed by atoms with Crippen LogP contribution in [0.2, 0.25) is 0 Å². The number of fused-ring (bicyclic) bond motifs is 1. The number of halogens is 1. The molecule has 0 saturated carbocycles. The van der Waals surface area contributed by atoms with Crippen LogP contribution in [-0.4, -0.2) is 35.4 Å². The first-order valence-corrected chi connectivity index (χ1v) is 11.4. The Bertz CT molecular complexity index is 1290. The number of ether oxygens (including phenoxy) is 1. The third kappa shape index (κ3) is 3.85. The summed E-state index contributed by atoms with van der Waals surface area (Å²) in [5.74, 6) is -2.40. The van der Waals surface area contributed by atoms with E-state index in [0.717, 1.165) is 10.5 Å². The Hall–Kier alpha value is -4.04. The molecule has 0 unspecified atom stereocenters. The van der Waals surface area contributed by atoms with Gasteiger partial charge in [0.1, 0.15) is 17.6 Å². The maximum absolute atomic E-state index is 14.8. The van der Waals surface area contributed by atoms with Crippen LogP contribution in [0.5, 0.6) is 5.75 Å². The first-order valence-electron chi connectivity index (χ1n) is 11.4. The lowest BCUT2D eigenvalue weighted by Gasteiger charge is -2.25. The summed E-state index contributed by atoms with van der Waals surface area (Å²) in [6.07, 6.45) is 0. The van der Waals surface area contributed by atoms with Crippen LogP contribution in [0.4, 0.5) is 10.1 Å². The number of nitrogens with zero attached hydrogens (tertiary/aromatic N) is 2. The number of imide groups is 1. The molecule has 3 amide bonds. The van der Waals surface area contributed by atoms with E-state index in [0.29, 0.717) is 23.6 Å². The predicted molar refractivity (Wildman–Crippen MR) is 127 cm³/mol. The molecule has 1 N–H and O–H groups in total. The van der Waals surface area contributed by atoms with E-state index < -0.39 is 41.5 Å². The van der Waals surface area contributed by atoms with Crippen molar-refractivity contribution in [2.75, 3.05) is 11.5 Å². The van der Waals surface area contributed by atoms with E-state index in [9.17, 15) is 18.8 Å². The molecule has 7 nitrogen and oxygen atoms in total. The topological polar surface area (TPSA) is 79.0 Å². The summed E-state index contributed by atoms with van der Waals surface area (Å²) in [5, 5.41) is 1.18. The maximum atomic E-state index is 14.8. The molecule has 0 spiro atoms. The van der Waals surface area contributed by atoms with Crippen molar-refractivity contribution in [1.82, 2.24) is 10.4 Å². The highest BCUT2D eigenvalue weighted by Crippen LogP contribution is 2.43. The van der Waals surface area contributed by atoms with E-state index in [4.69, 9.17) is 4.74 Å². The average Bonchev–Trinajstić information content (AvgIpc) is 3.37. The number of hydrazine groups is 1. The number of hydrogen-bond acceptors (Lipinski definition) is 5. The summed E-state index contributed by atoms with van der Waals surface area (Å²) in [4.78, 5) is 41.8. The molecule has 3 aromatic carbocycles. The van der Waals surface area contributed by atoms with Gasteiger partial charge >= 0.3 is 0 Å². The number of hydrogen-bond donors (Lipinski definition) is 1. The molecule has 2 saturated heterocycles. The maximum Gasteiger partial charge on any atom is 0.268 e. The van der Waals surface area contributed by atoms with Gasteiger partial charge in [0.15, 0.2) is 0 Å². The molecule has 0 radical (unpaired) electrons. The van der Waals surface area contributed by atoms with Crippen molar-refractivity contribution in [3.8, 4) is 5.75 Å². The molecule has 178 valence electrons. The van der Waals surface area contributed by atoms with E-state index in [1.54, 1.807) is 66.7 Å². The fourth-order valence-corrected chi connectivity index (χ4v) is 4.71. The normalized spacial score (nSPS) is 21.4. The lowest BCUT2D eigenvalue weighted by atomic mass is 9.90. The molecule has 5 rings (SSSR count). The van der Waals surface area contributed by atoms with Crippen LogP contribution in [0.25, 0.3) is 0 Å². The van der Waals surface area contributed by atoms with Gasteiger partial charge in [0.05, 0.1) is 24.3 Å². The van der Waals surface area contributed by atoms with Crippen LogP contribution in [-0.2, 0) is 9.59 Å². The molecule has 2 fully saturated rings. The minimum absolute atomic E-state index is 0.219. The van der Waals surface area contributed by atoms with Crippen molar-refractivity contribution in [1.29, 1.82) is 0 Å². The van der Waals surface area contributed by atoms with Gasteiger partial charge in [0.2, 0.25) is 5.91 Å². The molecule has 35 heavy (non-hydrogen) atoms. The number of carbonyl (C=O) groups excluding carboxylic acids is 3. The highest BCUT2D eigenvalue weighted by Gasteiger charge is 2.60. The van der Waals surface area contributed by atoms with Crippen molar-refractivity contribution < 1.29 is 23.5 Å². The Morgan fingerprint density at radius 1 is 0.971 bits per heavy atom. The first-order chi connectivity index (χ1) is 16.9. The van der Waals surface area contributed by atoms with Gasteiger partial charge in [0.25, 0.3) is 11.8 Å². The molecule has 3 atom stereocenters. The monoisotopic (exact) mass is 473 g/mol. The van der Waals surface area contributed by atoms with Gasteiger partial charge in [-0.05, 0) is 56.3 Å². The van der Waals surface area contributed by atoms with Gasteiger partial charge in [-0.15, -0.1) is 0 Å². The summed E-state index contributed by atoms with van der Waals surface area (Å²) < 4.78 is 20.2. The lowest BCUT2D eigenvalue weighted by Crippen LogP contribution is -2.48. The number of aryl methyl sites for hydroxylation is 1. The van der Waals surface area contributed by atoms with E-state index in [1.807, 2.05) is 13.8 Å². The van der Waals surface area contributed by atoms with Crippen molar-refractivity contribution >= 4 is 23.4 Å². The van der Waals surface area contributed by atoms with Gasteiger partial charge in [-0.3, -0.25) is 19.4 Å². The van der Waals surface area contributed by atoms with Gasteiger partial charge in [-0.1, -0.05) is 35.9 Å². The van der Waals surface area contributed by atoms with Gasteiger partial charge < -0.3 is 4.74 Å². The summed E-state index contributed by atoms with van der Waals surface area (Å²) in [7, 11) is 0. The average molecular weight is 474 g/mol. The molecule has 3 aromatic rings. The van der Waals surface area contributed by atoms with Crippen molar-refractivity contribution in [2.24, 2.45) is 5.92 Å². The zero-order valence-electron chi connectivity index (χ0n) is 19.3. The summed E-state index contributed by atoms with van der Waals surface area (Å²) in [5.41, 5.74) is 4.90. The molecular weight excluding hydrogens is 449 g/mol. The third-order valence-corrected chi connectivity index (χ3v) is 6.40. The van der Waals surface area contributed by atoms with Crippen molar-refractivity contribution in [3.63, 3.8) is 0 Å². The number of amides is 3. The van der Waals surface area contributed by atoms with Crippen LogP contribution >= 0.6 is 0 Å². The molecule has 0 aromatic heterocycles. The summed E-state index contributed by atoms with van der Waals surface area (Å²) in [6, 6.07) is 17.6. The zero-order valence-corrected chi connectivity index (χ0v) is 19.3. The smallest absolute Gasteiger partial charge is 0.268 e. The molecule has 0 bridgehead atoms. The van der Waals surface area contributed by atoms with Crippen LogP contribution in [0.3, 0.4) is 0 Å². The molecular formula is C27H24FN3O4. The van der Waals surface area contributed by atoms with Gasteiger partial charge in [-0.25, -0.2) is 14.7 Å². The second kappa shape index (κ2) is 8.96. The van der Waals surface area contributed by atoms with Crippen LogP contribution in [0.15, 0.2) is 72.8 Å². The Kier molecular flexibility index (Phi) is 5.82. The molecule has 2 aliphatic heterocycles. The first kappa shape index (κ1) is 22.7. The Balaban J connectivity index is 1.55. The third-order valence-electron chi connectivity index (χ3n) is 6.40. The second-order valence-electron chi connectivity index (χ2n) is 8.58. The van der Waals surface area contributed by atoms with E-state index in [1.165, 1.54) is 11.1 Å². The highest BCUT2D eigenvalue weighted by molar-refractivity contribution is 6.25. The number of benzene rings is 3. The number of nitrogens with one attached hydrogen (secondary N) is 1. The standard InChI is InChI=1S/C27H24FN3O4/c1-3-35-19-14-12-18(13-15-19)30-26(33)22-23(20-6-4-5-7-21(20)28)29-31(24(22)27(30)34)25(32)17-10-8-16(2)9-11-17/h4-15,22-24,29H,3H2,1-2H3/t22-,23+,24-/m1/s1. The summed E-state index contributed by atoms with van der Waals surface area (Å²) >= 11 is 0. The number of anilines is 1. The van der Waals surface area contributed by atoms with Crippen LogP contribution in [0, 0.1) is 18.7 Å². The molecule has 0 aliphatic carbocycles. The minimum atomic E-state index is -1.12. The number of rotatable bonds is 5. The Morgan fingerprint density at radius 2 is 1.66 bits per heavy atom. The Morgan fingerprint density at radius 3 is 2.31 bits per heavy atom. The van der Waals surface area contributed by atoms with E-state index >= 15 is 0 Å². The van der Waals surface area contributed by atoms with Crippen molar-refractivity contribution in [2.45, 2.75) is 25.9 Å². The van der Waals surface area contributed by atoms with Gasteiger partial charge in [0, 0.05) is 11.1 Å².